The first-order valence-electron chi connectivity index (χ1n) is 4.81. The summed E-state index contributed by atoms with van der Waals surface area (Å²) in [6.45, 7) is 8.75. The average molecular weight is 213 g/mol. The Bertz CT molecular complexity index is 326. The van der Waals surface area contributed by atoms with E-state index in [1.807, 2.05) is 12.1 Å². The molecule has 14 heavy (non-hydrogen) atoms. The van der Waals surface area contributed by atoms with Gasteiger partial charge < -0.3 is 5.11 Å². The molecular weight excluding hydrogens is 196 g/mol. The molecule has 0 fully saturated rings. The SMILES string of the molecule is CC(c1ccc(O)c(Cl)c1)C(C)(C)C. The molecule has 1 nitrogen and oxygen atoms in total. The highest BCUT2D eigenvalue weighted by Gasteiger charge is 2.21. The minimum atomic E-state index is 0.150. The number of hydrogen-bond donors (Lipinski definition) is 1. The topological polar surface area (TPSA) is 20.2 Å². The molecule has 0 bridgehead atoms. The third-order valence-electron chi connectivity index (χ3n) is 2.77. The van der Waals surface area contributed by atoms with Gasteiger partial charge >= 0.3 is 0 Å². The molecule has 0 saturated heterocycles. The zero-order valence-electron chi connectivity index (χ0n) is 9.13. The van der Waals surface area contributed by atoms with Crippen LogP contribution in [-0.4, -0.2) is 5.11 Å². The molecule has 0 aromatic heterocycles. The van der Waals surface area contributed by atoms with E-state index in [9.17, 15) is 5.11 Å². The van der Waals surface area contributed by atoms with Gasteiger partial charge in [-0.2, -0.15) is 0 Å². The summed E-state index contributed by atoms with van der Waals surface area (Å²) in [6.07, 6.45) is 0. The van der Waals surface area contributed by atoms with E-state index < -0.39 is 0 Å². The Balaban J connectivity index is 3.03. The Kier molecular flexibility index (Phi) is 3.10. The Labute approximate surface area is 90.7 Å². The quantitative estimate of drug-likeness (QED) is 0.740. The van der Waals surface area contributed by atoms with Crippen molar-refractivity contribution in [2.24, 2.45) is 5.41 Å². The molecule has 1 unspecified atom stereocenters. The Morgan fingerprint density at radius 3 is 2.29 bits per heavy atom. The van der Waals surface area contributed by atoms with Gasteiger partial charge in [-0.05, 0) is 29.0 Å². The Morgan fingerprint density at radius 1 is 1.29 bits per heavy atom. The number of hydrogen-bond acceptors (Lipinski definition) is 1. The second-order valence-electron chi connectivity index (χ2n) is 4.80. The molecule has 0 radical (unpaired) electrons. The van der Waals surface area contributed by atoms with Crippen LogP contribution in [0.15, 0.2) is 18.2 Å². The molecule has 0 aliphatic rings. The molecule has 1 aromatic carbocycles. The van der Waals surface area contributed by atoms with Crippen molar-refractivity contribution in [2.75, 3.05) is 0 Å². The monoisotopic (exact) mass is 212 g/mol. The second kappa shape index (κ2) is 3.82. The molecule has 78 valence electrons. The second-order valence-corrected chi connectivity index (χ2v) is 5.21. The van der Waals surface area contributed by atoms with Gasteiger partial charge in [0.1, 0.15) is 5.75 Å². The van der Waals surface area contributed by atoms with Crippen LogP contribution in [0.4, 0.5) is 0 Å². The largest absolute Gasteiger partial charge is 0.506 e. The van der Waals surface area contributed by atoms with Gasteiger partial charge in [-0.3, -0.25) is 0 Å². The zero-order chi connectivity index (χ0) is 10.9. The third-order valence-corrected chi connectivity index (χ3v) is 3.07. The average Bonchev–Trinajstić information content (AvgIpc) is 2.07. The molecular formula is C12H17ClO. The van der Waals surface area contributed by atoms with Gasteiger partial charge in [0.25, 0.3) is 0 Å². The lowest BCUT2D eigenvalue weighted by Gasteiger charge is -2.27. The summed E-state index contributed by atoms with van der Waals surface area (Å²) in [4.78, 5) is 0. The van der Waals surface area contributed by atoms with E-state index >= 15 is 0 Å². The van der Waals surface area contributed by atoms with Crippen molar-refractivity contribution in [1.82, 2.24) is 0 Å². The van der Waals surface area contributed by atoms with Crippen molar-refractivity contribution in [3.8, 4) is 5.75 Å². The van der Waals surface area contributed by atoms with Gasteiger partial charge in [0.05, 0.1) is 5.02 Å². The Hall–Kier alpha value is -0.690. The standard InChI is InChI=1S/C12H17ClO/c1-8(12(2,3)4)9-5-6-11(14)10(13)7-9/h5-8,14H,1-4H3. The number of benzene rings is 1. The molecule has 0 saturated carbocycles. The molecule has 0 spiro atoms. The van der Waals surface area contributed by atoms with Gasteiger partial charge in [0.2, 0.25) is 0 Å². The molecule has 2 heteroatoms. The number of aromatic hydroxyl groups is 1. The van der Waals surface area contributed by atoms with Crippen molar-refractivity contribution in [1.29, 1.82) is 0 Å². The highest BCUT2D eigenvalue weighted by atomic mass is 35.5. The summed E-state index contributed by atoms with van der Waals surface area (Å²) < 4.78 is 0. The predicted molar refractivity (Wildman–Crippen MR) is 61.0 cm³/mol. The van der Waals surface area contributed by atoms with Crippen LogP contribution < -0.4 is 0 Å². The van der Waals surface area contributed by atoms with Crippen LogP contribution >= 0.6 is 11.6 Å². The van der Waals surface area contributed by atoms with Crippen LogP contribution in [0.5, 0.6) is 5.75 Å². The van der Waals surface area contributed by atoms with E-state index in [4.69, 9.17) is 11.6 Å². The van der Waals surface area contributed by atoms with Crippen LogP contribution in [0, 0.1) is 5.41 Å². The van der Waals surface area contributed by atoms with Crippen molar-refractivity contribution >= 4 is 11.6 Å². The minimum absolute atomic E-state index is 0.150. The Morgan fingerprint density at radius 2 is 1.86 bits per heavy atom. The van der Waals surface area contributed by atoms with Crippen molar-refractivity contribution in [2.45, 2.75) is 33.6 Å². The van der Waals surface area contributed by atoms with Crippen molar-refractivity contribution < 1.29 is 5.11 Å². The summed E-state index contributed by atoms with van der Waals surface area (Å²) in [5.74, 6) is 0.567. The first-order chi connectivity index (χ1) is 6.32. The number of halogens is 1. The van der Waals surface area contributed by atoms with Crippen LogP contribution in [0.3, 0.4) is 0 Å². The zero-order valence-corrected chi connectivity index (χ0v) is 9.89. The smallest absolute Gasteiger partial charge is 0.134 e. The van der Waals surface area contributed by atoms with E-state index in [2.05, 4.69) is 27.7 Å². The fraction of sp³-hybridized carbons (Fsp3) is 0.500. The minimum Gasteiger partial charge on any atom is -0.506 e. The molecule has 0 amide bonds. The normalized spacial score (nSPS) is 14.1. The summed E-state index contributed by atoms with van der Waals surface area (Å²) >= 11 is 5.86. The van der Waals surface area contributed by atoms with Crippen molar-refractivity contribution in [3.05, 3.63) is 28.8 Å². The first kappa shape index (κ1) is 11.4. The number of phenolic OH excluding ortho intramolecular Hbond substituents is 1. The maximum atomic E-state index is 9.30. The third kappa shape index (κ3) is 2.42. The number of rotatable bonds is 1. The molecule has 1 atom stereocenters. The summed E-state index contributed by atoms with van der Waals surface area (Å²) in [5.41, 5.74) is 1.38. The molecule has 1 aromatic rings. The van der Waals surface area contributed by atoms with Crippen LogP contribution in [0.1, 0.15) is 39.2 Å². The van der Waals surface area contributed by atoms with E-state index in [-0.39, 0.29) is 11.2 Å². The molecule has 0 heterocycles. The van der Waals surface area contributed by atoms with Crippen LogP contribution in [0.25, 0.3) is 0 Å². The van der Waals surface area contributed by atoms with Gasteiger partial charge in [0, 0.05) is 0 Å². The fourth-order valence-electron chi connectivity index (χ4n) is 1.29. The summed E-state index contributed by atoms with van der Waals surface area (Å²) in [7, 11) is 0. The predicted octanol–water partition coefficient (Wildman–Crippen LogP) is 4.20. The summed E-state index contributed by atoms with van der Waals surface area (Å²) in [5, 5.41) is 9.73. The molecule has 1 N–H and O–H groups in total. The fourth-order valence-corrected chi connectivity index (χ4v) is 1.48. The molecule has 0 aliphatic heterocycles. The van der Waals surface area contributed by atoms with Gasteiger partial charge in [-0.1, -0.05) is 45.4 Å². The lowest BCUT2D eigenvalue weighted by atomic mass is 9.78. The van der Waals surface area contributed by atoms with Gasteiger partial charge in [-0.15, -0.1) is 0 Å². The lowest BCUT2D eigenvalue weighted by molar-refractivity contribution is 0.339. The lowest BCUT2D eigenvalue weighted by Crippen LogP contribution is -2.15. The first-order valence-corrected chi connectivity index (χ1v) is 5.18. The van der Waals surface area contributed by atoms with Crippen LogP contribution in [0.2, 0.25) is 5.02 Å². The highest BCUT2D eigenvalue weighted by molar-refractivity contribution is 6.32. The van der Waals surface area contributed by atoms with Crippen molar-refractivity contribution in [3.63, 3.8) is 0 Å². The van der Waals surface area contributed by atoms with Gasteiger partial charge in [0.15, 0.2) is 0 Å². The highest BCUT2D eigenvalue weighted by Crippen LogP contribution is 2.36. The van der Waals surface area contributed by atoms with E-state index in [1.54, 1.807) is 6.07 Å². The van der Waals surface area contributed by atoms with Crippen LogP contribution in [-0.2, 0) is 0 Å². The maximum absolute atomic E-state index is 9.30. The van der Waals surface area contributed by atoms with E-state index in [0.717, 1.165) is 0 Å². The maximum Gasteiger partial charge on any atom is 0.134 e. The molecule has 1 rings (SSSR count). The molecule has 0 aliphatic carbocycles. The van der Waals surface area contributed by atoms with E-state index in [0.29, 0.717) is 10.9 Å². The van der Waals surface area contributed by atoms with E-state index in [1.165, 1.54) is 5.56 Å². The number of phenols is 1. The summed E-state index contributed by atoms with van der Waals surface area (Å²) in [6, 6.07) is 5.42. The van der Waals surface area contributed by atoms with Gasteiger partial charge in [-0.25, -0.2) is 0 Å².